The number of hydrogen-bond donors (Lipinski definition) is 0. The molecule has 0 aromatic heterocycles. The standard InChI is InChI=1S/C22H30O3/c1-13(25-4)20-19(24)12-18-16-6-5-14-11-15(23)7-9-21(14,2)17(16)8-10-22(18,20)3/h11,16-18H,5-10,12H2,1-4H3/b20-13-/t16-,17+,18+,21+,22+/m1/s1. The van der Waals surface area contributed by atoms with Crippen LogP contribution in [0.5, 0.6) is 0 Å². The van der Waals surface area contributed by atoms with Crippen molar-refractivity contribution in [3.8, 4) is 0 Å². The zero-order chi connectivity index (χ0) is 18.0. The van der Waals surface area contributed by atoms with Gasteiger partial charge in [0, 0.05) is 23.8 Å². The molecule has 0 spiro atoms. The largest absolute Gasteiger partial charge is 0.501 e. The molecule has 4 aliphatic rings. The number of rotatable bonds is 1. The summed E-state index contributed by atoms with van der Waals surface area (Å²) in [5.74, 6) is 3.09. The molecule has 3 nitrogen and oxygen atoms in total. The summed E-state index contributed by atoms with van der Waals surface area (Å²) in [6, 6.07) is 0. The smallest absolute Gasteiger partial charge is 0.163 e. The van der Waals surface area contributed by atoms with Gasteiger partial charge < -0.3 is 4.74 Å². The Morgan fingerprint density at radius 3 is 2.56 bits per heavy atom. The van der Waals surface area contributed by atoms with E-state index in [0.717, 1.165) is 43.4 Å². The van der Waals surface area contributed by atoms with E-state index in [-0.39, 0.29) is 10.8 Å². The maximum Gasteiger partial charge on any atom is 0.163 e. The van der Waals surface area contributed by atoms with Crippen LogP contribution in [-0.2, 0) is 14.3 Å². The second-order valence-corrected chi connectivity index (χ2v) is 9.19. The zero-order valence-corrected chi connectivity index (χ0v) is 16.0. The Labute approximate surface area is 150 Å². The van der Waals surface area contributed by atoms with E-state index in [1.54, 1.807) is 7.11 Å². The highest BCUT2D eigenvalue weighted by Crippen LogP contribution is 2.66. The van der Waals surface area contributed by atoms with Crippen molar-refractivity contribution < 1.29 is 14.3 Å². The van der Waals surface area contributed by atoms with E-state index in [1.807, 2.05) is 13.0 Å². The quantitative estimate of drug-likeness (QED) is 0.516. The summed E-state index contributed by atoms with van der Waals surface area (Å²) in [5.41, 5.74) is 2.50. The zero-order valence-electron chi connectivity index (χ0n) is 16.0. The molecule has 0 unspecified atom stereocenters. The van der Waals surface area contributed by atoms with E-state index in [1.165, 1.54) is 5.57 Å². The molecule has 0 aromatic carbocycles. The molecule has 0 bridgehead atoms. The average Bonchev–Trinajstić information content (AvgIpc) is 2.85. The summed E-state index contributed by atoms with van der Waals surface area (Å²) in [6.07, 6.45) is 8.72. The van der Waals surface area contributed by atoms with Crippen LogP contribution in [0.15, 0.2) is 23.0 Å². The SMILES string of the molecule is CO/C(C)=C1/C(=O)C[C@H]2[C@@H]3CCC4=CC(=O)CC[C@]4(C)[C@H]3CC[C@]12C. The van der Waals surface area contributed by atoms with E-state index >= 15 is 0 Å². The highest BCUT2D eigenvalue weighted by Gasteiger charge is 2.60. The lowest BCUT2D eigenvalue weighted by molar-refractivity contribution is -0.117. The van der Waals surface area contributed by atoms with Gasteiger partial charge in [-0.3, -0.25) is 9.59 Å². The number of carbonyl (C=O) groups excluding carboxylic acids is 2. The minimum Gasteiger partial charge on any atom is -0.501 e. The molecule has 0 N–H and O–H groups in total. The third-order valence-electron chi connectivity index (χ3n) is 8.27. The molecule has 4 rings (SSSR count). The Morgan fingerprint density at radius 1 is 1.08 bits per heavy atom. The molecule has 0 heterocycles. The first-order chi connectivity index (χ1) is 11.8. The summed E-state index contributed by atoms with van der Waals surface area (Å²) in [5, 5.41) is 0. The molecule has 0 aliphatic heterocycles. The van der Waals surface area contributed by atoms with Gasteiger partial charge in [-0.15, -0.1) is 0 Å². The third kappa shape index (κ3) is 2.23. The number of allylic oxidation sites excluding steroid dienone is 3. The molecule has 136 valence electrons. The fraction of sp³-hybridized carbons (Fsp3) is 0.727. The van der Waals surface area contributed by atoms with E-state index in [0.29, 0.717) is 42.2 Å². The molecule has 0 saturated heterocycles. The van der Waals surface area contributed by atoms with Crippen molar-refractivity contribution in [1.82, 2.24) is 0 Å². The molecule has 0 aromatic rings. The van der Waals surface area contributed by atoms with Crippen molar-refractivity contribution in [2.24, 2.45) is 28.6 Å². The van der Waals surface area contributed by atoms with Crippen LogP contribution < -0.4 is 0 Å². The highest BCUT2D eigenvalue weighted by molar-refractivity contribution is 6.00. The van der Waals surface area contributed by atoms with E-state index < -0.39 is 0 Å². The number of methoxy groups -OCH3 is 1. The molecular formula is C22H30O3. The molecule has 5 atom stereocenters. The first kappa shape index (κ1) is 17.1. The van der Waals surface area contributed by atoms with E-state index in [9.17, 15) is 9.59 Å². The van der Waals surface area contributed by atoms with Crippen LogP contribution in [0.1, 0.15) is 65.7 Å². The number of carbonyl (C=O) groups is 2. The first-order valence-corrected chi connectivity index (χ1v) is 9.83. The van der Waals surface area contributed by atoms with Gasteiger partial charge in [0.05, 0.1) is 12.9 Å². The molecular weight excluding hydrogens is 312 g/mol. The molecule has 0 amide bonds. The maximum absolute atomic E-state index is 12.8. The lowest BCUT2D eigenvalue weighted by Crippen LogP contribution is -2.49. The topological polar surface area (TPSA) is 43.4 Å². The van der Waals surface area contributed by atoms with Crippen LogP contribution in [0.2, 0.25) is 0 Å². The minimum absolute atomic E-state index is 0.0274. The Bertz CT molecular complexity index is 700. The molecule has 25 heavy (non-hydrogen) atoms. The van der Waals surface area contributed by atoms with Crippen LogP contribution in [0.25, 0.3) is 0 Å². The van der Waals surface area contributed by atoms with Gasteiger partial charge in [-0.05, 0) is 68.3 Å². The summed E-state index contributed by atoms with van der Waals surface area (Å²) in [4.78, 5) is 24.7. The number of Topliss-reactive ketones (excluding diaryl/α,β-unsaturated/α-hetero) is 1. The Balaban J connectivity index is 1.72. The van der Waals surface area contributed by atoms with Gasteiger partial charge in [0.2, 0.25) is 0 Å². The van der Waals surface area contributed by atoms with Gasteiger partial charge in [0.25, 0.3) is 0 Å². The van der Waals surface area contributed by atoms with Gasteiger partial charge >= 0.3 is 0 Å². The lowest BCUT2D eigenvalue weighted by Gasteiger charge is -2.57. The second-order valence-electron chi connectivity index (χ2n) is 9.19. The predicted molar refractivity (Wildman–Crippen MR) is 96.8 cm³/mol. The molecule has 4 aliphatic carbocycles. The van der Waals surface area contributed by atoms with Gasteiger partial charge in [-0.2, -0.15) is 0 Å². The molecule has 0 radical (unpaired) electrons. The van der Waals surface area contributed by atoms with E-state index in [4.69, 9.17) is 4.74 Å². The minimum atomic E-state index is -0.0274. The van der Waals surface area contributed by atoms with Gasteiger partial charge in [0.1, 0.15) is 0 Å². The van der Waals surface area contributed by atoms with Crippen molar-refractivity contribution >= 4 is 11.6 Å². The predicted octanol–water partition coefficient (Wildman–Crippen LogP) is 4.62. The molecule has 3 heteroatoms. The fourth-order valence-corrected chi connectivity index (χ4v) is 6.89. The van der Waals surface area contributed by atoms with Crippen LogP contribution in [0.3, 0.4) is 0 Å². The fourth-order valence-electron chi connectivity index (χ4n) is 6.89. The average molecular weight is 342 g/mol. The van der Waals surface area contributed by atoms with Crippen LogP contribution >= 0.6 is 0 Å². The highest BCUT2D eigenvalue weighted by atomic mass is 16.5. The van der Waals surface area contributed by atoms with E-state index in [2.05, 4.69) is 13.8 Å². The molecule has 3 fully saturated rings. The summed E-state index contributed by atoms with van der Waals surface area (Å²) in [7, 11) is 1.68. The lowest BCUT2D eigenvalue weighted by atomic mass is 9.47. The van der Waals surface area contributed by atoms with Crippen LogP contribution in [-0.4, -0.2) is 18.7 Å². The second kappa shape index (κ2) is 5.56. The number of ether oxygens (including phenoxy) is 1. The van der Waals surface area contributed by atoms with Crippen LogP contribution in [0.4, 0.5) is 0 Å². The normalized spacial score (nSPS) is 45.3. The summed E-state index contributed by atoms with van der Waals surface area (Å²) < 4.78 is 5.48. The van der Waals surface area contributed by atoms with Gasteiger partial charge in [-0.1, -0.05) is 19.4 Å². The number of ketones is 2. The maximum atomic E-state index is 12.8. The van der Waals surface area contributed by atoms with Gasteiger partial charge in [-0.25, -0.2) is 0 Å². The number of fused-ring (bicyclic) bond motifs is 5. The Kier molecular flexibility index (Phi) is 3.79. The Morgan fingerprint density at radius 2 is 1.84 bits per heavy atom. The first-order valence-electron chi connectivity index (χ1n) is 9.83. The van der Waals surface area contributed by atoms with Crippen molar-refractivity contribution in [1.29, 1.82) is 0 Å². The van der Waals surface area contributed by atoms with Crippen LogP contribution in [0, 0.1) is 28.6 Å². The summed E-state index contributed by atoms with van der Waals surface area (Å²) in [6.45, 7) is 6.64. The molecule has 3 saturated carbocycles. The Hall–Kier alpha value is -1.38. The van der Waals surface area contributed by atoms with Crippen molar-refractivity contribution in [3.05, 3.63) is 23.0 Å². The van der Waals surface area contributed by atoms with Crippen molar-refractivity contribution in [2.75, 3.05) is 7.11 Å². The van der Waals surface area contributed by atoms with Crippen molar-refractivity contribution in [2.45, 2.75) is 65.7 Å². The summed E-state index contributed by atoms with van der Waals surface area (Å²) >= 11 is 0. The monoisotopic (exact) mass is 342 g/mol. The number of hydrogen-bond acceptors (Lipinski definition) is 3. The van der Waals surface area contributed by atoms with Gasteiger partial charge in [0.15, 0.2) is 11.6 Å². The third-order valence-corrected chi connectivity index (χ3v) is 8.27. The van der Waals surface area contributed by atoms with Crippen molar-refractivity contribution in [3.63, 3.8) is 0 Å².